The first kappa shape index (κ1) is 13.1. The lowest BCUT2D eigenvalue weighted by molar-refractivity contribution is -0.121. The zero-order valence-corrected chi connectivity index (χ0v) is 11.7. The van der Waals surface area contributed by atoms with Crippen molar-refractivity contribution in [3.05, 3.63) is 30.1 Å². The average Bonchev–Trinajstić information content (AvgIpc) is 3.23. The van der Waals surface area contributed by atoms with Crippen LogP contribution >= 0.6 is 0 Å². The Morgan fingerprint density at radius 2 is 2.35 bits per heavy atom. The predicted octanol–water partition coefficient (Wildman–Crippen LogP) is 1.28. The molecule has 0 atom stereocenters. The van der Waals surface area contributed by atoms with Crippen molar-refractivity contribution >= 4 is 16.9 Å². The molecule has 1 aliphatic rings. The van der Waals surface area contributed by atoms with E-state index in [0.717, 1.165) is 24.1 Å². The summed E-state index contributed by atoms with van der Waals surface area (Å²) in [7, 11) is 1.92. The monoisotopic (exact) mass is 272 g/mol. The molecule has 0 saturated heterocycles. The molecule has 1 amide bonds. The minimum atomic E-state index is 0.0652. The maximum Gasteiger partial charge on any atom is 0.240 e. The lowest BCUT2D eigenvalue weighted by atomic mass is 10.2. The number of nitrogens with one attached hydrogen (secondary N) is 2. The van der Waals surface area contributed by atoms with Crippen LogP contribution in [0.1, 0.15) is 18.4 Å². The van der Waals surface area contributed by atoms with Gasteiger partial charge in [0.25, 0.3) is 0 Å². The SMILES string of the molecule is CNCc1cn(CC(=O)NCC2CC2)c2ncccc12. The maximum absolute atomic E-state index is 12.0. The number of carbonyl (C=O) groups is 1. The highest BCUT2D eigenvalue weighted by atomic mass is 16.1. The molecule has 0 unspecified atom stereocenters. The fourth-order valence-corrected chi connectivity index (χ4v) is 2.44. The molecule has 2 aromatic heterocycles. The number of hydrogen-bond donors (Lipinski definition) is 2. The third-order valence-corrected chi connectivity index (χ3v) is 3.68. The largest absolute Gasteiger partial charge is 0.354 e. The summed E-state index contributed by atoms with van der Waals surface area (Å²) in [6, 6.07) is 3.98. The maximum atomic E-state index is 12.0. The molecule has 20 heavy (non-hydrogen) atoms. The topological polar surface area (TPSA) is 59.0 Å². The summed E-state index contributed by atoms with van der Waals surface area (Å²) >= 11 is 0. The van der Waals surface area contributed by atoms with Gasteiger partial charge < -0.3 is 15.2 Å². The van der Waals surface area contributed by atoms with Crippen molar-refractivity contribution in [1.82, 2.24) is 20.2 Å². The summed E-state index contributed by atoms with van der Waals surface area (Å²) in [4.78, 5) is 16.4. The van der Waals surface area contributed by atoms with Crippen LogP contribution in [0.2, 0.25) is 0 Å². The Morgan fingerprint density at radius 1 is 1.50 bits per heavy atom. The normalized spacial score (nSPS) is 14.7. The molecule has 5 heteroatoms. The Kier molecular flexibility index (Phi) is 3.69. The van der Waals surface area contributed by atoms with Crippen LogP contribution < -0.4 is 10.6 Å². The zero-order chi connectivity index (χ0) is 13.9. The van der Waals surface area contributed by atoms with E-state index in [4.69, 9.17) is 0 Å². The highest BCUT2D eigenvalue weighted by molar-refractivity contribution is 5.83. The first-order chi connectivity index (χ1) is 9.78. The van der Waals surface area contributed by atoms with E-state index in [1.165, 1.54) is 18.4 Å². The van der Waals surface area contributed by atoms with Crippen molar-refractivity contribution in [1.29, 1.82) is 0 Å². The summed E-state index contributed by atoms with van der Waals surface area (Å²) in [5.41, 5.74) is 2.05. The van der Waals surface area contributed by atoms with E-state index in [9.17, 15) is 4.79 Å². The summed E-state index contributed by atoms with van der Waals surface area (Å²) in [5.74, 6) is 0.772. The van der Waals surface area contributed by atoms with Crippen LogP contribution in [0.5, 0.6) is 0 Å². The number of rotatable bonds is 6. The first-order valence-electron chi connectivity index (χ1n) is 7.12. The van der Waals surface area contributed by atoms with Crippen LogP contribution in [0, 0.1) is 5.92 Å². The molecule has 3 rings (SSSR count). The van der Waals surface area contributed by atoms with Gasteiger partial charge in [0, 0.05) is 30.9 Å². The summed E-state index contributed by atoms with van der Waals surface area (Å²) in [6.45, 7) is 1.93. The molecule has 0 aromatic carbocycles. The number of hydrogen-bond acceptors (Lipinski definition) is 3. The van der Waals surface area contributed by atoms with Crippen molar-refractivity contribution < 1.29 is 4.79 Å². The Bertz CT molecular complexity index is 615. The van der Waals surface area contributed by atoms with Gasteiger partial charge in [0.2, 0.25) is 5.91 Å². The van der Waals surface area contributed by atoms with Crippen LogP contribution in [0.25, 0.3) is 11.0 Å². The lowest BCUT2D eigenvalue weighted by Crippen LogP contribution is -2.29. The molecule has 1 saturated carbocycles. The Hall–Kier alpha value is -1.88. The minimum absolute atomic E-state index is 0.0652. The molecule has 2 aromatic rings. The molecule has 106 valence electrons. The molecule has 1 fully saturated rings. The standard InChI is InChI=1S/C15H20N4O/c1-16-8-12-9-19(15-13(12)3-2-6-17-15)10-14(20)18-7-11-4-5-11/h2-3,6,9,11,16H,4-5,7-8,10H2,1H3,(H,18,20). The van der Waals surface area contributed by atoms with Gasteiger partial charge in [-0.25, -0.2) is 4.98 Å². The first-order valence-corrected chi connectivity index (χ1v) is 7.12. The molecular formula is C15H20N4O. The van der Waals surface area contributed by atoms with E-state index >= 15 is 0 Å². The number of pyridine rings is 1. The van der Waals surface area contributed by atoms with Crippen LogP contribution in [0.4, 0.5) is 0 Å². The summed E-state index contributed by atoms with van der Waals surface area (Å²) in [6.07, 6.45) is 6.29. The third-order valence-electron chi connectivity index (χ3n) is 3.68. The van der Waals surface area contributed by atoms with E-state index in [0.29, 0.717) is 12.5 Å². The molecule has 0 radical (unpaired) electrons. The van der Waals surface area contributed by atoms with Gasteiger partial charge in [-0.3, -0.25) is 4.79 Å². The minimum Gasteiger partial charge on any atom is -0.354 e. The van der Waals surface area contributed by atoms with Gasteiger partial charge in [-0.1, -0.05) is 0 Å². The van der Waals surface area contributed by atoms with E-state index in [-0.39, 0.29) is 5.91 Å². The number of carbonyl (C=O) groups excluding carboxylic acids is 1. The summed E-state index contributed by atoms with van der Waals surface area (Å²) < 4.78 is 1.93. The second-order valence-corrected chi connectivity index (χ2v) is 5.43. The number of nitrogens with zero attached hydrogens (tertiary/aromatic N) is 2. The number of amides is 1. The van der Waals surface area contributed by atoms with Crippen LogP contribution in [-0.4, -0.2) is 29.1 Å². The van der Waals surface area contributed by atoms with Crippen molar-refractivity contribution in [2.45, 2.75) is 25.9 Å². The average molecular weight is 272 g/mol. The van der Waals surface area contributed by atoms with E-state index in [1.54, 1.807) is 6.20 Å². The van der Waals surface area contributed by atoms with Gasteiger partial charge in [0.15, 0.2) is 0 Å². The van der Waals surface area contributed by atoms with Crippen molar-refractivity contribution in [2.24, 2.45) is 5.92 Å². The van der Waals surface area contributed by atoms with Crippen LogP contribution in [0.3, 0.4) is 0 Å². The van der Waals surface area contributed by atoms with E-state index in [1.807, 2.05) is 29.9 Å². The second-order valence-electron chi connectivity index (χ2n) is 5.43. The molecule has 0 spiro atoms. The molecular weight excluding hydrogens is 252 g/mol. The van der Waals surface area contributed by atoms with Crippen LogP contribution in [0.15, 0.2) is 24.5 Å². The number of aromatic nitrogens is 2. The Balaban J connectivity index is 1.77. The smallest absolute Gasteiger partial charge is 0.240 e. The molecule has 2 heterocycles. The molecule has 1 aliphatic carbocycles. The molecule has 0 bridgehead atoms. The third kappa shape index (κ3) is 2.82. The molecule has 0 aliphatic heterocycles. The van der Waals surface area contributed by atoms with Gasteiger partial charge in [-0.2, -0.15) is 0 Å². The van der Waals surface area contributed by atoms with Gasteiger partial charge in [0.05, 0.1) is 0 Å². The van der Waals surface area contributed by atoms with Gasteiger partial charge >= 0.3 is 0 Å². The Morgan fingerprint density at radius 3 is 3.10 bits per heavy atom. The Labute approximate surface area is 118 Å². The molecule has 5 nitrogen and oxygen atoms in total. The van der Waals surface area contributed by atoms with E-state index in [2.05, 4.69) is 15.6 Å². The zero-order valence-electron chi connectivity index (χ0n) is 11.7. The number of fused-ring (bicyclic) bond motifs is 1. The molecule has 2 N–H and O–H groups in total. The van der Waals surface area contributed by atoms with Gasteiger partial charge in [-0.15, -0.1) is 0 Å². The highest BCUT2D eigenvalue weighted by Crippen LogP contribution is 2.27. The van der Waals surface area contributed by atoms with Gasteiger partial charge in [0.1, 0.15) is 12.2 Å². The second kappa shape index (κ2) is 5.63. The van der Waals surface area contributed by atoms with Crippen molar-refractivity contribution in [3.8, 4) is 0 Å². The quantitative estimate of drug-likeness (QED) is 0.833. The van der Waals surface area contributed by atoms with Crippen molar-refractivity contribution in [2.75, 3.05) is 13.6 Å². The lowest BCUT2D eigenvalue weighted by Gasteiger charge is -2.06. The fourth-order valence-electron chi connectivity index (χ4n) is 2.44. The highest BCUT2D eigenvalue weighted by Gasteiger charge is 2.21. The van der Waals surface area contributed by atoms with Gasteiger partial charge in [-0.05, 0) is 43.5 Å². The predicted molar refractivity (Wildman–Crippen MR) is 78.2 cm³/mol. The summed E-state index contributed by atoms with van der Waals surface area (Å²) in [5, 5.41) is 7.25. The van der Waals surface area contributed by atoms with Crippen LogP contribution in [-0.2, 0) is 17.9 Å². The van der Waals surface area contributed by atoms with Crippen molar-refractivity contribution in [3.63, 3.8) is 0 Å². The fraction of sp³-hybridized carbons (Fsp3) is 0.467. The van der Waals surface area contributed by atoms with E-state index < -0.39 is 0 Å².